The summed E-state index contributed by atoms with van der Waals surface area (Å²) in [5.74, 6) is 0. The Kier molecular flexibility index (Phi) is 6.38. The zero-order chi connectivity index (χ0) is 35.1. The zero-order valence-corrected chi connectivity index (χ0v) is 29.1. The van der Waals surface area contributed by atoms with Crippen LogP contribution in [-0.2, 0) is 5.41 Å². The van der Waals surface area contributed by atoms with Crippen molar-refractivity contribution in [3.63, 3.8) is 0 Å². The highest BCUT2D eigenvalue weighted by Crippen LogP contribution is 2.55. The first kappa shape index (κ1) is 29.8. The number of benzene rings is 8. The van der Waals surface area contributed by atoms with Crippen LogP contribution in [0.5, 0.6) is 0 Å². The molecule has 0 spiro atoms. The Bertz CT molecular complexity index is 2980. The predicted molar refractivity (Wildman–Crippen MR) is 219 cm³/mol. The number of furan rings is 2. The van der Waals surface area contributed by atoms with Gasteiger partial charge in [0.1, 0.15) is 22.3 Å². The van der Waals surface area contributed by atoms with Gasteiger partial charge in [0, 0.05) is 38.5 Å². The molecule has 3 nitrogen and oxygen atoms in total. The van der Waals surface area contributed by atoms with Crippen LogP contribution in [0.4, 0.5) is 17.1 Å². The van der Waals surface area contributed by atoms with Gasteiger partial charge in [-0.05, 0) is 88.8 Å². The summed E-state index contributed by atoms with van der Waals surface area (Å²) in [6.07, 6.45) is 0. The van der Waals surface area contributed by atoms with Crippen LogP contribution >= 0.6 is 0 Å². The molecule has 250 valence electrons. The molecule has 1 aliphatic carbocycles. The smallest absolute Gasteiger partial charge is 0.139 e. The average Bonchev–Trinajstić information content (AvgIpc) is 3.87. The standard InChI is InChI=1S/C50H33NO2/c1-50(41-19-8-5-15-36(41)37-16-6-9-20-42(37)50)43-21-11-18-39-48-44(22-12-24-47(48)53-49(39)43)51(34-27-25-33(26-28-34)32-13-3-2-4-14-32)35-29-30-46-40(31-35)38-17-7-10-23-45(38)52-46/h2-31H,1H3. The van der Waals surface area contributed by atoms with Crippen LogP contribution in [0.25, 0.3) is 66.1 Å². The molecule has 0 fully saturated rings. The van der Waals surface area contributed by atoms with E-state index in [1.165, 1.54) is 38.9 Å². The molecule has 0 amide bonds. The van der Waals surface area contributed by atoms with Gasteiger partial charge >= 0.3 is 0 Å². The van der Waals surface area contributed by atoms with Gasteiger partial charge in [-0.1, -0.05) is 133 Å². The van der Waals surface area contributed by atoms with E-state index in [-0.39, 0.29) is 5.41 Å². The van der Waals surface area contributed by atoms with Gasteiger partial charge in [-0.25, -0.2) is 0 Å². The molecule has 0 atom stereocenters. The Balaban J connectivity index is 1.16. The van der Waals surface area contributed by atoms with Crippen molar-refractivity contribution in [3.8, 4) is 22.3 Å². The average molecular weight is 680 g/mol. The Labute approximate surface area is 307 Å². The number of para-hydroxylation sites is 2. The number of nitrogens with zero attached hydrogens (tertiary/aromatic N) is 1. The van der Waals surface area contributed by atoms with Crippen LogP contribution in [0.1, 0.15) is 23.6 Å². The van der Waals surface area contributed by atoms with E-state index in [9.17, 15) is 0 Å². The summed E-state index contributed by atoms with van der Waals surface area (Å²) < 4.78 is 13.3. The summed E-state index contributed by atoms with van der Waals surface area (Å²) in [5, 5.41) is 4.36. The first-order valence-corrected chi connectivity index (χ1v) is 18.2. The molecule has 2 heterocycles. The zero-order valence-electron chi connectivity index (χ0n) is 29.1. The third kappa shape index (κ3) is 4.34. The first-order chi connectivity index (χ1) is 26.2. The highest BCUT2D eigenvalue weighted by molar-refractivity contribution is 6.15. The van der Waals surface area contributed by atoms with Gasteiger partial charge in [-0.3, -0.25) is 0 Å². The Morgan fingerprint density at radius 3 is 1.79 bits per heavy atom. The van der Waals surface area contributed by atoms with Gasteiger partial charge in [0.05, 0.1) is 11.1 Å². The summed E-state index contributed by atoms with van der Waals surface area (Å²) in [6.45, 7) is 2.35. The topological polar surface area (TPSA) is 29.5 Å². The van der Waals surface area contributed by atoms with E-state index in [0.717, 1.165) is 60.9 Å². The summed E-state index contributed by atoms with van der Waals surface area (Å²) in [7, 11) is 0. The van der Waals surface area contributed by atoms with Crippen molar-refractivity contribution in [3.05, 3.63) is 199 Å². The molecule has 3 heteroatoms. The second-order valence-electron chi connectivity index (χ2n) is 14.2. The normalized spacial score (nSPS) is 13.2. The minimum Gasteiger partial charge on any atom is -0.456 e. The van der Waals surface area contributed by atoms with Gasteiger partial charge in [0.15, 0.2) is 0 Å². The van der Waals surface area contributed by atoms with Crippen molar-refractivity contribution in [2.45, 2.75) is 12.3 Å². The summed E-state index contributed by atoms with van der Waals surface area (Å²) in [6, 6.07) is 64.9. The SMILES string of the molecule is CC1(c2cccc3c2oc2cccc(N(c4ccc(-c5ccccc5)cc4)c4ccc5oc6ccccc6c5c4)c23)c2ccccc2-c2ccccc21. The molecule has 0 N–H and O–H groups in total. The highest BCUT2D eigenvalue weighted by atomic mass is 16.3. The molecule has 10 aromatic rings. The van der Waals surface area contributed by atoms with Gasteiger partial charge in [-0.2, -0.15) is 0 Å². The molecule has 0 bridgehead atoms. The molecule has 0 saturated heterocycles. The first-order valence-electron chi connectivity index (χ1n) is 18.2. The third-order valence-electron chi connectivity index (χ3n) is 11.4. The van der Waals surface area contributed by atoms with Gasteiger partial charge < -0.3 is 13.7 Å². The van der Waals surface area contributed by atoms with E-state index in [1.807, 2.05) is 12.1 Å². The largest absolute Gasteiger partial charge is 0.456 e. The lowest BCUT2D eigenvalue weighted by molar-refractivity contribution is 0.638. The lowest BCUT2D eigenvalue weighted by Crippen LogP contribution is -2.22. The fourth-order valence-corrected chi connectivity index (χ4v) is 8.87. The quantitative estimate of drug-likeness (QED) is 0.181. The van der Waals surface area contributed by atoms with E-state index < -0.39 is 0 Å². The Morgan fingerprint density at radius 2 is 1.00 bits per heavy atom. The number of fused-ring (bicyclic) bond motifs is 9. The van der Waals surface area contributed by atoms with Crippen molar-refractivity contribution < 1.29 is 8.83 Å². The van der Waals surface area contributed by atoms with Crippen LogP contribution in [0.3, 0.4) is 0 Å². The van der Waals surface area contributed by atoms with Crippen molar-refractivity contribution in [2.75, 3.05) is 4.90 Å². The van der Waals surface area contributed by atoms with E-state index in [2.05, 4.69) is 182 Å². The summed E-state index contributed by atoms with van der Waals surface area (Å²) >= 11 is 0. The number of anilines is 3. The third-order valence-corrected chi connectivity index (χ3v) is 11.4. The van der Waals surface area contributed by atoms with Crippen LogP contribution in [-0.4, -0.2) is 0 Å². The monoisotopic (exact) mass is 679 g/mol. The fourth-order valence-electron chi connectivity index (χ4n) is 8.87. The molecule has 2 aromatic heterocycles. The number of rotatable bonds is 5. The summed E-state index contributed by atoms with van der Waals surface area (Å²) in [4.78, 5) is 2.36. The molecule has 0 aliphatic heterocycles. The molecule has 0 radical (unpaired) electrons. The second-order valence-corrected chi connectivity index (χ2v) is 14.2. The van der Waals surface area contributed by atoms with Crippen LogP contribution in [0, 0.1) is 0 Å². The fraction of sp³-hybridized carbons (Fsp3) is 0.0400. The minimum absolute atomic E-state index is 0.388. The van der Waals surface area contributed by atoms with E-state index in [0.29, 0.717) is 0 Å². The lowest BCUT2D eigenvalue weighted by atomic mass is 9.74. The number of hydrogen-bond donors (Lipinski definition) is 0. The van der Waals surface area contributed by atoms with Crippen LogP contribution in [0.2, 0.25) is 0 Å². The minimum atomic E-state index is -0.388. The highest BCUT2D eigenvalue weighted by Gasteiger charge is 2.42. The maximum absolute atomic E-state index is 7.00. The molecule has 0 saturated carbocycles. The maximum atomic E-state index is 7.00. The Morgan fingerprint density at radius 1 is 0.415 bits per heavy atom. The molecule has 1 aliphatic rings. The predicted octanol–water partition coefficient (Wildman–Crippen LogP) is 14.0. The summed E-state index contributed by atoms with van der Waals surface area (Å²) in [5.41, 5.74) is 15.0. The molecular weight excluding hydrogens is 647 g/mol. The molecule has 11 rings (SSSR count). The van der Waals surface area contributed by atoms with Gasteiger partial charge in [0.2, 0.25) is 0 Å². The van der Waals surface area contributed by atoms with Gasteiger partial charge in [-0.15, -0.1) is 0 Å². The lowest BCUT2D eigenvalue weighted by Gasteiger charge is -2.28. The Hall–Kier alpha value is -6.84. The molecular formula is C50H33NO2. The maximum Gasteiger partial charge on any atom is 0.139 e. The van der Waals surface area contributed by atoms with E-state index >= 15 is 0 Å². The molecule has 53 heavy (non-hydrogen) atoms. The van der Waals surface area contributed by atoms with Crippen LogP contribution in [0.15, 0.2) is 191 Å². The van der Waals surface area contributed by atoms with Crippen molar-refractivity contribution in [1.29, 1.82) is 0 Å². The number of hydrogen-bond acceptors (Lipinski definition) is 3. The van der Waals surface area contributed by atoms with Crippen molar-refractivity contribution in [2.24, 2.45) is 0 Å². The van der Waals surface area contributed by atoms with Crippen molar-refractivity contribution >= 4 is 60.9 Å². The van der Waals surface area contributed by atoms with Crippen LogP contribution < -0.4 is 4.90 Å². The molecule has 0 unspecified atom stereocenters. The van der Waals surface area contributed by atoms with E-state index in [4.69, 9.17) is 8.83 Å². The molecule has 8 aromatic carbocycles. The van der Waals surface area contributed by atoms with Crippen molar-refractivity contribution in [1.82, 2.24) is 0 Å². The second kappa shape index (κ2) is 11.3. The van der Waals surface area contributed by atoms with Gasteiger partial charge in [0.25, 0.3) is 0 Å². The van der Waals surface area contributed by atoms with E-state index in [1.54, 1.807) is 0 Å².